The van der Waals surface area contributed by atoms with E-state index >= 15 is 0 Å². The van der Waals surface area contributed by atoms with Crippen molar-refractivity contribution in [3.8, 4) is 0 Å². The highest BCUT2D eigenvalue weighted by molar-refractivity contribution is 8.16. The topological polar surface area (TPSA) is 24.5 Å². The predicted octanol–water partition coefficient (Wildman–Crippen LogP) is 1.16. The Bertz CT molecular complexity index is 631. The molecule has 1 unspecified atom stereocenters. The van der Waals surface area contributed by atoms with Crippen LogP contribution in [0.25, 0.3) is 5.70 Å². The van der Waals surface area contributed by atoms with E-state index in [4.69, 9.17) is 0 Å². The van der Waals surface area contributed by atoms with Gasteiger partial charge in [-0.3, -0.25) is 0 Å². The van der Waals surface area contributed by atoms with E-state index < -0.39 is 0 Å². The minimum absolute atomic E-state index is 0.146. The summed E-state index contributed by atoms with van der Waals surface area (Å²) in [5.74, 6) is 0.146. The van der Waals surface area contributed by atoms with Crippen molar-refractivity contribution in [3.63, 3.8) is 0 Å². The lowest BCUT2D eigenvalue weighted by Gasteiger charge is -2.10. The number of nitrogens with one attached hydrogen (secondary N) is 1. The number of fused-ring (bicyclic) bond motifs is 1. The number of carbonyl (C=O) groups is 1. The van der Waals surface area contributed by atoms with Crippen LogP contribution < -0.4 is 4.90 Å². The molecule has 19 heavy (non-hydrogen) atoms. The molecule has 0 bridgehead atoms. The van der Waals surface area contributed by atoms with Crippen molar-refractivity contribution >= 4 is 28.5 Å². The molecule has 0 spiro atoms. The summed E-state index contributed by atoms with van der Waals surface area (Å²) in [6, 6.07) is 6.57. The molecule has 1 N–H and O–H groups in total. The van der Waals surface area contributed by atoms with Crippen molar-refractivity contribution in [3.05, 3.63) is 40.3 Å². The fourth-order valence-corrected chi connectivity index (χ4v) is 4.01. The van der Waals surface area contributed by atoms with Crippen LogP contribution in [-0.4, -0.2) is 28.7 Å². The maximum Gasteiger partial charge on any atom is 0.417 e. The number of hydrogen-bond donors (Lipinski definition) is 1. The first-order chi connectivity index (χ1) is 9.08. The second kappa shape index (κ2) is 4.62. The molecule has 0 saturated heterocycles. The van der Waals surface area contributed by atoms with Gasteiger partial charge in [-0.2, -0.15) is 0 Å². The highest BCUT2D eigenvalue weighted by Crippen LogP contribution is 2.24. The minimum Gasteiger partial charge on any atom is -0.220 e. The quantitative estimate of drug-likeness (QED) is 0.777. The summed E-state index contributed by atoms with van der Waals surface area (Å²) in [7, 11) is 0. The first-order valence-electron chi connectivity index (χ1n) is 6.54. The van der Waals surface area contributed by atoms with Crippen LogP contribution in [0.15, 0.2) is 23.6 Å². The van der Waals surface area contributed by atoms with E-state index in [2.05, 4.69) is 37.5 Å². The van der Waals surface area contributed by atoms with Crippen molar-refractivity contribution in [2.45, 2.75) is 20.8 Å². The zero-order valence-electron chi connectivity index (χ0n) is 11.5. The van der Waals surface area contributed by atoms with E-state index in [1.165, 1.54) is 27.3 Å². The summed E-state index contributed by atoms with van der Waals surface area (Å²) in [5, 5.41) is 3.33. The Morgan fingerprint density at radius 1 is 1.37 bits per heavy atom. The minimum atomic E-state index is 0.146. The molecule has 1 aromatic carbocycles. The van der Waals surface area contributed by atoms with Gasteiger partial charge >= 0.3 is 11.1 Å². The molecule has 2 heterocycles. The summed E-state index contributed by atoms with van der Waals surface area (Å²) in [5.41, 5.74) is 5.20. The Labute approximate surface area is 117 Å². The van der Waals surface area contributed by atoms with Gasteiger partial charge in [0, 0.05) is 22.7 Å². The SMILES string of the molecule is CC(=O)[N+]1=C2SC=C(c3ccc(C)cc3C)[NH+]2CC1. The van der Waals surface area contributed by atoms with Crippen LogP contribution in [0.3, 0.4) is 0 Å². The van der Waals surface area contributed by atoms with E-state index in [9.17, 15) is 4.79 Å². The van der Waals surface area contributed by atoms with Crippen LogP contribution in [0.5, 0.6) is 0 Å². The maximum absolute atomic E-state index is 11.6. The van der Waals surface area contributed by atoms with Gasteiger partial charge in [0.1, 0.15) is 0 Å². The van der Waals surface area contributed by atoms with Crippen molar-refractivity contribution in [1.29, 1.82) is 0 Å². The van der Waals surface area contributed by atoms with Crippen LogP contribution in [-0.2, 0) is 4.79 Å². The molecule has 1 aromatic rings. The van der Waals surface area contributed by atoms with Crippen LogP contribution in [0, 0.1) is 13.8 Å². The molecule has 4 heteroatoms. The highest BCUT2D eigenvalue weighted by Gasteiger charge is 2.45. The molecule has 0 fully saturated rings. The van der Waals surface area contributed by atoms with Crippen LogP contribution in [0.1, 0.15) is 23.6 Å². The number of hydrogen-bond acceptors (Lipinski definition) is 2. The molecular weight excluding hydrogens is 256 g/mol. The van der Waals surface area contributed by atoms with Gasteiger partial charge < -0.3 is 0 Å². The zero-order valence-corrected chi connectivity index (χ0v) is 12.3. The smallest absolute Gasteiger partial charge is 0.220 e. The van der Waals surface area contributed by atoms with Crippen molar-refractivity contribution < 1.29 is 14.3 Å². The summed E-state index contributed by atoms with van der Waals surface area (Å²) in [6.45, 7) is 7.72. The van der Waals surface area contributed by atoms with Gasteiger partial charge in [-0.15, -0.1) is 4.58 Å². The van der Waals surface area contributed by atoms with Gasteiger partial charge in [0.05, 0.1) is 6.92 Å². The molecule has 98 valence electrons. The van der Waals surface area contributed by atoms with Gasteiger partial charge in [0.25, 0.3) is 0 Å². The number of quaternary nitrogens is 1. The number of rotatable bonds is 1. The normalized spacial score (nSPS) is 21.6. The molecule has 0 aliphatic carbocycles. The predicted molar refractivity (Wildman–Crippen MR) is 78.1 cm³/mol. The molecule has 3 rings (SSSR count). The van der Waals surface area contributed by atoms with Crippen LogP contribution in [0.2, 0.25) is 0 Å². The summed E-state index contributed by atoms with van der Waals surface area (Å²) in [4.78, 5) is 12.9. The van der Waals surface area contributed by atoms with Gasteiger partial charge in [-0.25, -0.2) is 9.69 Å². The van der Waals surface area contributed by atoms with Gasteiger partial charge in [0.15, 0.2) is 12.2 Å². The molecule has 1 atom stereocenters. The lowest BCUT2D eigenvalue weighted by molar-refractivity contribution is -0.711. The summed E-state index contributed by atoms with van der Waals surface area (Å²) >= 11 is 1.69. The molecule has 0 radical (unpaired) electrons. The Hall–Kier alpha value is -1.39. The third-order valence-electron chi connectivity index (χ3n) is 3.75. The average Bonchev–Trinajstić information content (AvgIpc) is 2.90. The summed E-state index contributed by atoms with van der Waals surface area (Å²) in [6.07, 6.45) is 0. The monoisotopic (exact) mass is 274 g/mol. The number of benzene rings is 1. The molecule has 0 saturated carbocycles. The van der Waals surface area contributed by atoms with Gasteiger partial charge in [0.2, 0.25) is 6.54 Å². The third kappa shape index (κ3) is 2.05. The molecule has 3 nitrogen and oxygen atoms in total. The van der Waals surface area contributed by atoms with E-state index in [0.29, 0.717) is 0 Å². The zero-order chi connectivity index (χ0) is 13.6. The van der Waals surface area contributed by atoms with Crippen molar-refractivity contribution in [2.75, 3.05) is 13.1 Å². The second-order valence-corrected chi connectivity index (χ2v) is 6.03. The Morgan fingerprint density at radius 2 is 2.16 bits per heavy atom. The van der Waals surface area contributed by atoms with Crippen molar-refractivity contribution in [2.24, 2.45) is 0 Å². The average molecular weight is 274 g/mol. The number of thioether (sulfide) groups is 1. The molecule has 2 aliphatic heterocycles. The Balaban J connectivity index is 1.99. The maximum atomic E-state index is 11.6. The van der Waals surface area contributed by atoms with Gasteiger partial charge in [-0.1, -0.05) is 17.7 Å². The number of aryl methyl sites for hydroxylation is 2. The first kappa shape index (κ1) is 12.6. The van der Waals surface area contributed by atoms with E-state index in [1.54, 1.807) is 18.7 Å². The highest BCUT2D eigenvalue weighted by atomic mass is 32.2. The third-order valence-corrected chi connectivity index (χ3v) is 4.80. The largest absolute Gasteiger partial charge is 0.417 e. The molecule has 2 aliphatic rings. The lowest BCUT2D eigenvalue weighted by atomic mass is 10.0. The van der Waals surface area contributed by atoms with E-state index in [1.807, 2.05) is 4.58 Å². The number of carbonyl (C=O) groups excluding carboxylic acids is 1. The number of amidine groups is 1. The van der Waals surface area contributed by atoms with Gasteiger partial charge in [-0.05, 0) is 25.5 Å². The molecule has 0 aromatic heterocycles. The molecular formula is C15H18N2OS+2. The second-order valence-electron chi connectivity index (χ2n) is 5.17. The van der Waals surface area contributed by atoms with Crippen LogP contribution >= 0.6 is 11.8 Å². The first-order valence-corrected chi connectivity index (χ1v) is 7.42. The Morgan fingerprint density at radius 3 is 2.84 bits per heavy atom. The summed E-state index contributed by atoms with van der Waals surface area (Å²) < 4.78 is 1.90. The number of nitrogens with zero attached hydrogens (tertiary/aromatic N) is 1. The number of amides is 1. The molecule has 1 amide bonds. The fourth-order valence-electron chi connectivity index (χ4n) is 2.81. The van der Waals surface area contributed by atoms with E-state index in [-0.39, 0.29) is 5.91 Å². The Kier molecular flexibility index (Phi) is 3.07. The van der Waals surface area contributed by atoms with E-state index in [0.717, 1.165) is 18.3 Å². The lowest BCUT2D eigenvalue weighted by Crippen LogP contribution is -3.09. The van der Waals surface area contributed by atoms with Crippen molar-refractivity contribution in [1.82, 2.24) is 0 Å². The fraction of sp³-hybridized carbons (Fsp3) is 0.333. The van der Waals surface area contributed by atoms with Crippen LogP contribution in [0.4, 0.5) is 0 Å². The standard InChI is InChI=1S/C15H17N2OS/c1-10-4-5-13(11(2)8-10)14-9-19-15-16(12(3)18)6-7-17(14)15/h4-5,8-9H,6-7H2,1-3H3/q+1/p+1.